The van der Waals surface area contributed by atoms with Crippen molar-refractivity contribution in [3.05, 3.63) is 22.8 Å². The molecule has 0 aliphatic carbocycles. The van der Waals surface area contributed by atoms with Gasteiger partial charge < -0.3 is 15.6 Å². The van der Waals surface area contributed by atoms with Gasteiger partial charge in [0.25, 0.3) is 5.91 Å². The van der Waals surface area contributed by atoms with Gasteiger partial charge in [0.2, 0.25) is 5.91 Å². The Kier molecular flexibility index (Phi) is 3.63. The first kappa shape index (κ1) is 12.6. The fourth-order valence-corrected chi connectivity index (χ4v) is 1.88. The third kappa shape index (κ3) is 2.52. The Morgan fingerprint density at radius 1 is 1.61 bits per heavy atom. The van der Waals surface area contributed by atoms with E-state index in [1.54, 1.807) is 0 Å². The summed E-state index contributed by atoms with van der Waals surface area (Å²) in [5.41, 5.74) is 2.64. The van der Waals surface area contributed by atoms with Crippen LogP contribution in [0, 0.1) is 0 Å². The summed E-state index contributed by atoms with van der Waals surface area (Å²) < 4.78 is 0. The van der Waals surface area contributed by atoms with Gasteiger partial charge in [0, 0.05) is 19.3 Å². The van der Waals surface area contributed by atoms with E-state index >= 15 is 0 Å². The molecule has 0 bridgehead atoms. The second kappa shape index (κ2) is 5.19. The summed E-state index contributed by atoms with van der Waals surface area (Å²) in [7, 11) is 0. The molecule has 8 heteroatoms. The number of piperazine rings is 1. The molecule has 2 rings (SSSR count). The van der Waals surface area contributed by atoms with Crippen LogP contribution in [0.5, 0.6) is 0 Å². The smallest absolute Gasteiger partial charge is 0.256 e. The number of nitrogen functional groups attached to an aromatic ring is 1. The van der Waals surface area contributed by atoms with E-state index in [1.165, 1.54) is 17.2 Å². The highest BCUT2D eigenvalue weighted by Crippen LogP contribution is 2.19. The first-order valence-corrected chi connectivity index (χ1v) is 5.67. The number of halogens is 1. The van der Waals surface area contributed by atoms with E-state index in [0.717, 1.165) is 0 Å². The molecule has 1 saturated heterocycles. The molecule has 0 spiro atoms. The second-order valence-corrected chi connectivity index (χ2v) is 4.18. The summed E-state index contributed by atoms with van der Waals surface area (Å²) in [5, 5.41) is 2.90. The molecule has 0 atom stereocenters. The minimum Gasteiger partial charge on any atom is -0.353 e. The molecule has 7 nitrogen and oxygen atoms in total. The van der Waals surface area contributed by atoms with Crippen LogP contribution >= 0.6 is 11.6 Å². The monoisotopic (exact) mass is 269 g/mol. The number of amides is 2. The van der Waals surface area contributed by atoms with Crippen LogP contribution in [-0.4, -0.2) is 41.3 Å². The molecule has 0 saturated carbocycles. The topological polar surface area (TPSA) is 100 Å². The van der Waals surface area contributed by atoms with Crippen molar-refractivity contribution >= 4 is 29.2 Å². The van der Waals surface area contributed by atoms with Gasteiger partial charge in [-0.2, -0.15) is 0 Å². The van der Waals surface area contributed by atoms with Crippen LogP contribution in [0.2, 0.25) is 5.02 Å². The van der Waals surface area contributed by atoms with Crippen LogP contribution < -0.4 is 16.6 Å². The maximum absolute atomic E-state index is 12.1. The number of nitrogens with zero attached hydrogens (tertiary/aromatic N) is 2. The first-order valence-electron chi connectivity index (χ1n) is 5.30. The number of hydrogen-bond acceptors (Lipinski definition) is 5. The molecule has 1 aromatic heterocycles. The third-order valence-corrected chi connectivity index (χ3v) is 2.84. The molecule has 4 N–H and O–H groups in total. The average Bonchev–Trinajstić information content (AvgIpc) is 2.37. The normalized spacial score (nSPS) is 15.2. The van der Waals surface area contributed by atoms with Gasteiger partial charge in [0.1, 0.15) is 0 Å². The minimum absolute atomic E-state index is 0.0490. The largest absolute Gasteiger partial charge is 0.353 e. The molecule has 1 aliphatic rings. The fraction of sp³-hybridized carbons (Fsp3) is 0.300. The van der Waals surface area contributed by atoms with Crippen LogP contribution in [0.25, 0.3) is 0 Å². The van der Waals surface area contributed by atoms with Crippen molar-refractivity contribution in [3.63, 3.8) is 0 Å². The number of nitrogens with two attached hydrogens (primary N) is 1. The standard InChI is InChI=1S/C10H12ClN5O2/c11-7-3-6(4-14-9(7)15-12)10(18)16-2-1-13-8(17)5-16/h3-4H,1-2,5,12H2,(H,13,17)(H,14,15). The van der Waals surface area contributed by atoms with Gasteiger partial charge >= 0.3 is 0 Å². The molecule has 2 amide bonds. The molecule has 1 aromatic rings. The Morgan fingerprint density at radius 2 is 2.39 bits per heavy atom. The average molecular weight is 270 g/mol. The Balaban J connectivity index is 2.18. The lowest BCUT2D eigenvalue weighted by Gasteiger charge is -2.26. The number of rotatable bonds is 2. The SMILES string of the molecule is NNc1ncc(C(=O)N2CCNC(=O)C2)cc1Cl. The number of hydrazine groups is 1. The molecule has 1 aliphatic heterocycles. The van der Waals surface area contributed by atoms with Gasteiger partial charge in [-0.15, -0.1) is 0 Å². The summed E-state index contributed by atoms with van der Waals surface area (Å²) >= 11 is 5.89. The van der Waals surface area contributed by atoms with Gasteiger partial charge in [-0.1, -0.05) is 11.6 Å². The summed E-state index contributed by atoms with van der Waals surface area (Å²) in [5.74, 6) is 5.04. The van der Waals surface area contributed by atoms with Crippen molar-refractivity contribution in [2.24, 2.45) is 5.84 Å². The predicted octanol–water partition coefficient (Wildman–Crippen LogP) is -0.407. The van der Waals surface area contributed by atoms with E-state index in [4.69, 9.17) is 17.4 Å². The summed E-state index contributed by atoms with van der Waals surface area (Å²) in [4.78, 5) is 28.7. The quantitative estimate of drug-likeness (QED) is 0.501. The van der Waals surface area contributed by atoms with Crippen molar-refractivity contribution in [3.8, 4) is 0 Å². The molecular formula is C10H12ClN5O2. The Labute approximate surface area is 108 Å². The van der Waals surface area contributed by atoms with E-state index in [2.05, 4.69) is 15.7 Å². The maximum Gasteiger partial charge on any atom is 0.256 e. The summed E-state index contributed by atoms with van der Waals surface area (Å²) in [6.45, 7) is 0.973. The molecule has 18 heavy (non-hydrogen) atoms. The predicted molar refractivity (Wildman–Crippen MR) is 66.0 cm³/mol. The van der Waals surface area contributed by atoms with E-state index in [1.807, 2.05) is 0 Å². The van der Waals surface area contributed by atoms with Crippen LogP contribution in [0.15, 0.2) is 12.3 Å². The molecule has 0 unspecified atom stereocenters. The highest BCUT2D eigenvalue weighted by atomic mass is 35.5. The lowest BCUT2D eigenvalue weighted by Crippen LogP contribution is -2.50. The van der Waals surface area contributed by atoms with E-state index in [-0.39, 0.29) is 23.4 Å². The summed E-state index contributed by atoms with van der Waals surface area (Å²) in [6, 6.07) is 1.47. The number of pyridine rings is 1. The zero-order valence-corrected chi connectivity index (χ0v) is 10.2. The van der Waals surface area contributed by atoms with Gasteiger partial charge in [-0.25, -0.2) is 10.8 Å². The lowest BCUT2D eigenvalue weighted by atomic mass is 10.2. The highest BCUT2D eigenvalue weighted by molar-refractivity contribution is 6.33. The van der Waals surface area contributed by atoms with Gasteiger partial charge in [0.05, 0.1) is 17.1 Å². The van der Waals surface area contributed by atoms with Crippen LogP contribution in [0.3, 0.4) is 0 Å². The Bertz CT molecular complexity index is 493. The van der Waals surface area contributed by atoms with E-state index < -0.39 is 0 Å². The second-order valence-electron chi connectivity index (χ2n) is 3.78. The van der Waals surface area contributed by atoms with Crippen LogP contribution in [0.4, 0.5) is 5.82 Å². The number of hydrogen-bond donors (Lipinski definition) is 3. The molecule has 0 aromatic carbocycles. The Morgan fingerprint density at radius 3 is 3.00 bits per heavy atom. The van der Waals surface area contributed by atoms with E-state index in [0.29, 0.717) is 24.5 Å². The third-order valence-electron chi connectivity index (χ3n) is 2.55. The number of carbonyl (C=O) groups is 2. The number of carbonyl (C=O) groups excluding carboxylic acids is 2. The lowest BCUT2D eigenvalue weighted by molar-refractivity contribution is -0.123. The number of aromatic nitrogens is 1. The van der Waals surface area contributed by atoms with Crippen molar-refractivity contribution in [1.29, 1.82) is 0 Å². The summed E-state index contributed by atoms with van der Waals surface area (Å²) in [6.07, 6.45) is 1.37. The molecule has 96 valence electrons. The zero-order chi connectivity index (χ0) is 13.1. The molecule has 0 radical (unpaired) electrons. The van der Waals surface area contributed by atoms with Crippen LogP contribution in [-0.2, 0) is 4.79 Å². The molecule has 1 fully saturated rings. The van der Waals surface area contributed by atoms with Crippen LogP contribution in [0.1, 0.15) is 10.4 Å². The maximum atomic E-state index is 12.1. The van der Waals surface area contributed by atoms with Crippen molar-refractivity contribution in [2.75, 3.05) is 25.1 Å². The van der Waals surface area contributed by atoms with E-state index in [9.17, 15) is 9.59 Å². The minimum atomic E-state index is -0.275. The number of nitrogens with one attached hydrogen (secondary N) is 2. The first-order chi connectivity index (χ1) is 8.61. The van der Waals surface area contributed by atoms with Crippen molar-refractivity contribution in [1.82, 2.24) is 15.2 Å². The molecular weight excluding hydrogens is 258 g/mol. The number of anilines is 1. The zero-order valence-electron chi connectivity index (χ0n) is 9.44. The van der Waals surface area contributed by atoms with Gasteiger partial charge in [-0.05, 0) is 6.07 Å². The van der Waals surface area contributed by atoms with Gasteiger partial charge in [-0.3, -0.25) is 9.59 Å². The molecule has 2 heterocycles. The van der Waals surface area contributed by atoms with Crippen molar-refractivity contribution < 1.29 is 9.59 Å². The highest BCUT2D eigenvalue weighted by Gasteiger charge is 2.22. The fourth-order valence-electron chi connectivity index (χ4n) is 1.66. The Hall–Kier alpha value is -1.86. The van der Waals surface area contributed by atoms with Gasteiger partial charge in [0.15, 0.2) is 5.82 Å². The van der Waals surface area contributed by atoms with Crippen molar-refractivity contribution in [2.45, 2.75) is 0 Å².